The van der Waals surface area contributed by atoms with Crippen LogP contribution in [0, 0.1) is 6.54 Å². The molecule has 1 aliphatic rings. The molecular formula is C7H7N. The third-order valence-electron chi connectivity index (χ3n) is 0.776. The van der Waals surface area contributed by atoms with Gasteiger partial charge in [0.1, 0.15) is 6.54 Å². The minimum atomic E-state index is 1.82. The van der Waals surface area contributed by atoms with Crippen LogP contribution in [0.3, 0.4) is 0 Å². The first kappa shape index (κ1) is 5.16. The smallest absolute Gasteiger partial charge is 0.115 e. The standard InChI is InChI=1S/C7H7N/c1-2-4-6-8-7-5-3-1/h1-6,8H/b2-1-,5-3-,6-4-. The first-order valence-electron chi connectivity index (χ1n) is 2.49. The molecule has 1 rings (SSSR count). The lowest BCUT2D eigenvalue weighted by Gasteiger charge is -1.90. The molecule has 1 N–H and O–H groups in total. The van der Waals surface area contributed by atoms with Crippen molar-refractivity contribution in [2.24, 2.45) is 0 Å². The molecule has 1 heterocycles. The summed E-state index contributed by atoms with van der Waals surface area (Å²) in [7, 11) is 0. The van der Waals surface area contributed by atoms with Crippen LogP contribution < -0.4 is 5.32 Å². The predicted molar refractivity (Wildman–Crippen MR) is 33.8 cm³/mol. The highest BCUT2D eigenvalue weighted by Gasteiger charge is 1.74. The van der Waals surface area contributed by atoms with Crippen molar-refractivity contribution < 1.29 is 0 Å². The van der Waals surface area contributed by atoms with Crippen LogP contribution in [0.15, 0.2) is 36.6 Å². The molecule has 0 amide bonds. The largest absolute Gasteiger partial charge is 0.377 e. The van der Waals surface area contributed by atoms with Crippen molar-refractivity contribution in [3.05, 3.63) is 43.1 Å². The first-order chi connectivity index (χ1) is 4.00. The van der Waals surface area contributed by atoms with E-state index in [1.807, 2.05) is 36.6 Å². The van der Waals surface area contributed by atoms with E-state index in [1.54, 1.807) is 0 Å². The van der Waals surface area contributed by atoms with Gasteiger partial charge < -0.3 is 5.32 Å². The fraction of sp³-hybridized carbons (Fsp3) is 0. The van der Waals surface area contributed by atoms with Gasteiger partial charge in [0.2, 0.25) is 0 Å². The molecule has 2 radical (unpaired) electrons. The van der Waals surface area contributed by atoms with Crippen LogP contribution in [-0.2, 0) is 0 Å². The fourth-order valence-corrected chi connectivity index (χ4v) is 0.432. The van der Waals surface area contributed by atoms with Crippen molar-refractivity contribution in [1.29, 1.82) is 0 Å². The van der Waals surface area contributed by atoms with Gasteiger partial charge in [-0.2, -0.15) is 0 Å². The topological polar surface area (TPSA) is 12.0 Å². The maximum Gasteiger partial charge on any atom is 0.115 e. The van der Waals surface area contributed by atoms with Gasteiger partial charge in [-0.15, -0.1) is 0 Å². The maximum absolute atomic E-state index is 2.82. The average Bonchev–Trinajstić information content (AvgIpc) is 1.62. The van der Waals surface area contributed by atoms with Crippen LogP contribution in [0.4, 0.5) is 0 Å². The van der Waals surface area contributed by atoms with Crippen molar-refractivity contribution in [3.8, 4) is 0 Å². The van der Waals surface area contributed by atoms with Crippen molar-refractivity contribution in [3.63, 3.8) is 0 Å². The van der Waals surface area contributed by atoms with Gasteiger partial charge in [0.05, 0.1) is 0 Å². The second-order valence-corrected chi connectivity index (χ2v) is 1.39. The van der Waals surface area contributed by atoms with E-state index < -0.39 is 0 Å². The van der Waals surface area contributed by atoms with Gasteiger partial charge >= 0.3 is 0 Å². The van der Waals surface area contributed by atoms with Crippen LogP contribution in [0.1, 0.15) is 0 Å². The molecule has 0 unspecified atom stereocenters. The average molecular weight is 105 g/mol. The molecule has 8 heavy (non-hydrogen) atoms. The van der Waals surface area contributed by atoms with Crippen LogP contribution in [-0.4, -0.2) is 0 Å². The molecule has 0 spiro atoms. The Balaban J connectivity index is 2.51. The minimum Gasteiger partial charge on any atom is -0.377 e. The van der Waals surface area contributed by atoms with Gasteiger partial charge in [-0.25, -0.2) is 0 Å². The van der Waals surface area contributed by atoms with E-state index >= 15 is 0 Å². The van der Waals surface area contributed by atoms with E-state index in [0.717, 1.165) is 0 Å². The number of hydrogen-bond acceptors (Lipinski definition) is 1. The van der Waals surface area contributed by atoms with Crippen molar-refractivity contribution in [2.75, 3.05) is 0 Å². The van der Waals surface area contributed by atoms with Gasteiger partial charge in [0.15, 0.2) is 0 Å². The zero-order valence-corrected chi connectivity index (χ0v) is 4.46. The third kappa shape index (κ3) is 1.65. The third-order valence-corrected chi connectivity index (χ3v) is 0.776. The molecule has 40 valence electrons. The number of rotatable bonds is 0. The quantitative estimate of drug-likeness (QED) is 0.489. The van der Waals surface area contributed by atoms with Gasteiger partial charge in [-0.05, 0) is 12.3 Å². The zero-order valence-electron chi connectivity index (χ0n) is 4.46. The summed E-state index contributed by atoms with van der Waals surface area (Å²) in [6, 6.07) is 0. The monoisotopic (exact) mass is 105 g/mol. The van der Waals surface area contributed by atoms with Crippen LogP contribution in [0.2, 0.25) is 0 Å². The molecule has 0 bridgehead atoms. The number of hydrogen-bond donors (Lipinski definition) is 1. The Hall–Kier alpha value is -0.980. The molecule has 0 atom stereocenters. The van der Waals surface area contributed by atoms with E-state index in [9.17, 15) is 0 Å². The Kier molecular flexibility index (Phi) is 1.99. The Morgan fingerprint density at radius 3 is 2.88 bits per heavy atom. The number of allylic oxidation sites excluding steroid dienone is 4. The van der Waals surface area contributed by atoms with Gasteiger partial charge in [0, 0.05) is 0 Å². The lowest BCUT2D eigenvalue weighted by Crippen LogP contribution is -1.96. The van der Waals surface area contributed by atoms with Crippen LogP contribution >= 0.6 is 0 Å². The van der Waals surface area contributed by atoms with Crippen LogP contribution in [0.5, 0.6) is 0 Å². The molecule has 0 saturated heterocycles. The summed E-state index contributed by atoms with van der Waals surface area (Å²) in [5.74, 6) is 0. The lowest BCUT2D eigenvalue weighted by molar-refractivity contribution is 1.11. The fourth-order valence-electron chi connectivity index (χ4n) is 0.432. The van der Waals surface area contributed by atoms with Crippen molar-refractivity contribution in [1.82, 2.24) is 5.32 Å². The summed E-state index contributed by atoms with van der Waals surface area (Å²) >= 11 is 0. The molecular weight excluding hydrogens is 98.1 g/mol. The molecule has 0 fully saturated rings. The lowest BCUT2D eigenvalue weighted by atomic mass is 10.4. The number of nitrogens with one attached hydrogen (secondary N) is 1. The molecule has 0 aromatic heterocycles. The van der Waals surface area contributed by atoms with Gasteiger partial charge in [-0.1, -0.05) is 24.3 Å². The predicted octanol–water partition coefficient (Wildman–Crippen LogP) is 1.25. The molecule has 0 saturated carbocycles. The zero-order chi connectivity index (χ0) is 5.66. The SMILES string of the molecule is [C]1\C=C/C=C\C=C/N1. The Morgan fingerprint density at radius 2 is 1.88 bits per heavy atom. The highest BCUT2D eigenvalue weighted by Crippen LogP contribution is 1.84. The summed E-state index contributed by atoms with van der Waals surface area (Å²) in [5.41, 5.74) is 0. The maximum atomic E-state index is 2.82. The van der Waals surface area contributed by atoms with Gasteiger partial charge in [-0.3, -0.25) is 0 Å². The second-order valence-electron chi connectivity index (χ2n) is 1.39. The normalized spacial score (nSPS) is 29.0. The first-order valence-corrected chi connectivity index (χ1v) is 2.49. The van der Waals surface area contributed by atoms with Crippen molar-refractivity contribution >= 4 is 0 Å². The van der Waals surface area contributed by atoms with E-state index in [2.05, 4.69) is 11.9 Å². The Morgan fingerprint density at radius 1 is 1.00 bits per heavy atom. The summed E-state index contributed by atoms with van der Waals surface area (Å²) in [6.45, 7) is 2.82. The second kappa shape index (κ2) is 3.08. The van der Waals surface area contributed by atoms with E-state index in [1.165, 1.54) is 0 Å². The molecule has 1 nitrogen and oxygen atoms in total. The van der Waals surface area contributed by atoms with Crippen molar-refractivity contribution in [2.45, 2.75) is 0 Å². The van der Waals surface area contributed by atoms with E-state index in [0.29, 0.717) is 0 Å². The molecule has 0 aliphatic carbocycles. The molecule has 1 aliphatic heterocycles. The highest BCUT2D eigenvalue weighted by atomic mass is 14.8. The summed E-state index contributed by atoms with van der Waals surface area (Å²) in [4.78, 5) is 0. The minimum absolute atomic E-state index is 1.82. The van der Waals surface area contributed by atoms with E-state index in [4.69, 9.17) is 0 Å². The highest BCUT2D eigenvalue weighted by molar-refractivity contribution is 5.16. The van der Waals surface area contributed by atoms with E-state index in [-0.39, 0.29) is 0 Å². The molecule has 1 heteroatoms. The summed E-state index contributed by atoms with van der Waals surface area (Å²) in [5, 5.41) is 2.82. The summed E-state index contributed by atoms with van der Waals surface area (Å²) in [6.07, 6.45) is 11.4. The Bertz CT molecular complexity index is 115. The van der Waals surface area contributed by atoms with Gasteiger partial charge in [0.25, 0.3) is 0 Å². The Labute approximate surface area is 49.4 Å². The molecule has 0 aromatic rings. The summed E-state index contributed by atoms with van der Waals surface area (Å²) < 4.78 is 0. The molecule has 0 aromatic carbocycles. The van der Waals surface area contributed by atoms with Crippen LogP contribution in [0.25, 0.3) is 0 Å².